The minimum absolute atomic E-state index is 0.116. The van der Waals surface area contributed by atoms with Gasteiger partial charge in [0.15, 0.2) is 5.82 Å². The van der Waals surface area contributed by atoms with Crippen LogP contribution in [0.2, 0.25) is 10.0 Å². The average molecular weight is 312 g/mol. The third-order valence-corrected chi connectivity index (χ3v) is 2.89. The lowest BCUT2D eigenvalue weighted by Gasteiger charge is -2.21. The molecule has 0 fully saturated rings. The quantitative estimate of drug-likeness (QED) is 0.892. The molecule has 1 aromatic carbocycles. The molecule has 0 bridgehead atoms. The van der Waals surface area contributed by atoms with Crippen LogP contribution in [-0.4, -0.2) is 20.7 Å². The van der Waals surface area contributed by atoms with E-state index in [1.807, 2.05) is 20.8 Å². The highest BCUT2D eigenvalue weighted by atomic mass is 35.5. The van der Waals surface area contributed by atoms with Crippen LogP contribution in [0.4, 0.5) is 17.5 Å². The number of nitrogens with one attached hydrogen (secondary N) is 2. The van der Waals surface area contributed by atoms with Gasteiger partial charge in [0.25, 0.3) is 0 Å². The van der Waals surface area contributed by atoms with Crippen molar-refractivity contribution in [2.24, 2.45) is 0 Å². The van der Waals surface area contributed by atoms with Crippen LogP contribution in [0.3, 0.4) is 0 Å². The fourth-order valence-corrected chi connectivity index (χ4v) is 2.02. The van der Waals surface area contributed by atoms with Crippen molar-refractivity contribution in [3.63, 3.8) is 0 Å². The number of rotatable bonds is 3. The first-order chi connectivity index (χ1) is 9.35. The fraction of sp³-hybridized carbons (Fsp3) is 0.308. The van der Waals surface area contributed by atoms with E-state index in [-0.39, 0.29) is 5.54 Å². The second-order valence-electron chi connectivity index (χ2n) is 5.26. The maximum atomic E-state index is 6.09. The predicted molar refractivity (Wildman–Crippen MR) is 82.9 cm³/mol. The third kappa shape index (κ3) is 3.95. The van der Waals surface area contributed by atoms with Crippen molar-refractivity contribution < 1.29 is 0 Å². The standard InChI is InChI=1S/C13H15Cl2N5/c1-13(2,3)19-10-7-16-20-12(17-10)18-11-8(14)5-4-6-9(11)15/h4-7H,1-3H3,(H2,17,18,19,20). The fourth-order valence-electron chi connectivity index (χ4n) is 1.53. The lowest BCUT2D eigenvalue weighted by molar-refractivity contribution is 0.629. The summed E-state index contributed by atoms with van der Waals surface area (Å²) in [6, 6.07) is 5.24. The molecule has 0 aliphatic carbocycles. The molecule has 5 nitrogen and oxygen atoms in total. The second-order valence-corrected chi connectivity index (χ2v) is 6.08. The molecule has 2 N–H and O–H groups in total. The number of nitrogens with zero attached hydrogens (tertiary/aromatic N) is 3. The van der Waals surface area contributed by atoms with Gasteiger partial charge in [0.05, 0.1) is 21.9 Å². The Bertz CT molecular complexity index is 590. The van der Waals surface area contributed by atoms with Gasteiger partial charge in [-0.1, -0.05) is 29.3 Å². The molecule has 1 aromatic heterocycles. The minimum Gasteiger partial charge on any atom is -0.364 e. The van der Waals surface area contributed by atoms with Crippen LogP contribution in [0.15, 0.2) is 24.4 Å². The normalized spacial score (nSPS) is 11.2. The average Bonchev–Trinajstić information content (AvgIpc) is 2.32. The summed E-state index contributed by atoms with van der Waals surface area (Å²) in [5.74, 6) is 0.951. The van der Waals surface area contributed by atoms with Gasteiger partial charge in [-0.05, 0) is 32.9 Å². The second kappa shape index (κ2) is 5.81. The van der Waals surface area contributed by atoms with Gasteiger partial charge in [-0.3, -0.25) is 0 Å². The van der Waals surface area contributed by atoms with Crippen molar-refractivity contribution in [3.8, 4) is 0 Å². The summed E-state index contributed by atoms with van der Waals surface area (Å²) in [5, 5.41) is 15.0. The molecule has 0 saturated heterocycles. The summed E-state index contributed by atoms with van der Waals surface area (Å²) in [7, 11) is 0. The molecule has 7 heteroatoms. The molecule has 2 rings (SSSR count). The van der Waals surface area contributed by atoms with Gasteiger partial charge >= 0.3 is 0 Å². The Hall–Kier alpha value is -1.59. The van der Waals surface area contributed by atoms with E-state index in [0.717, 1.165) is 0 Å². The summed E-state index contributed by atoms with van der Waals surface area (Å²) in [6.07, 6.45) is 1.56. The number of anilines is 3. The van der Waals surface area contributed by atoms with E-state index in [1.165, 1.54) is 0 Å². The lowest BCUT2D eigenvalue weighted by Crippen LogP contribution is -2.27. The minimum atomic E-state index is -0.116. The van der Waals surface area contributed by atoms with Crippen molar-refractivity contribution in [2.75, 3.05) is 10.6 Å². The van der Waals surface area contributed by atoms with E-state index >= 15 is 0 Å². The number of para-hydroxylation sites is 1. The Morgan fingerprint density at radius 1 is 1.10 bits per heavy atom. The van der Waals surface area contributed by atoms with E-state index in [4.69, 9.17) is 23.2 Å². The highest BCUT2D eigenvalue weighted by molar-refractivity contribution is 6.39. The highest BCUT2D eigenvalue weighted by Gasteiger charge is 2.12. The summed E-state index contributed by atoms with van der Waals surface area (Å²) in [4.78, 5) is 4.32. The number of halogens is 2. The van der Waals surface area contributed by atoms with E-state index in [9.17, 15) is 0 Å². The largest absolute Gasteiger partial charge is 0.364 e. The maximum absolute atomic E-state index is 6.09. The van der Waals surface area contributed by atoms with Gasteiger partial charge in [-0.15, -0.1) is 5.10 Å². The zero-order valence-electron chi connectivity index (χ0n) is 11.4. The van der Waals surface area contributed by atoms with Gasteiger partial charge in [0.1, 0.15) is 0 Å². The summed E-state index contributed by atoms with van der Waals surface area (Å²) < 4.78 is 0. The number of aromatic nitrogens is 3. The molecule has 1 heterocycles. The van der Waals surface area contributed by atoms with Gasteiger partial charge < -0.3 is 10.6 Å². The van der Waals surface area contributed by atoms with Crippen LogP contribution < -0.4 is 10.6 Å². The molecule has 0 unspecified atom stereocenters. The van der Waals surface area contributed by atoms with Crippen LogP contribution in [0, 0.1) is 0 Å². The first-order valence-electron chi connectivity index (χ1n) is 6.04. The van der Waals surface area contributed by atoms with Crippen molar-refractivity contribution >= 4 is 40.7 Å². The number of hydrogen-bond acceptors (Lipinski definition) is 5. The van der Waals surface area contributed by atoms with E-state index < -0.39 is 0 Å². The molecule has 20 heavy (non-hydrogen) atoms. The smallest absolute Gasteiger partial charge is 0.249 e. The van der Waals surface area contributed by atoms with E-state index in [2.05, 4.69) is 25.8 Å². The SMILES string of the molecule is CC(C)(C)Nc1cnnc(Nc2c(Cl)cccc2Cl)n1. The highest BCUT2D eigenvalue weighted by Crippen LogP contribution is 2.31. The molecule has 0 aliphatic rings. The van der Waals surface area contributed by atoms with Crippen LogP contribution in [0.1, 0.15) is 20.8 Å². The summed E-state index contributed by atoms with van der Waals surface area (Å²) >= 11 is 12.2. The van der Waals surface area contributed by atoms with Crippen molar-refractivity contribution in [3.05, 3.63) is 34.4 Å². The van der Waals surface area contributed by atoms with Gasteiger partial charge in [-0.2, -0.15) is 10.1 Å². The summed E-state index contributed by atoms with van der Waals surface area (Å²) in [6.45, 7) is 6.10. The van der Waals surface area contributed by atoms with Crippen LogP contribution in [-0.2, 0) is 0 Å². The Labute approximate surface area is 127 Å². The molecule has 0 spiro atoms. The third-order valence-electron chi connectivity index (χ3n) is 2.26. The van der Waals surface area contributed by atoms with Crippen molar-refractivity contribution in [2.45, 2.75) is 26.3 Å². The molecule has 0 aliphatic heterocycles. The van der Waals surface area contributed by atoms with Crippen LogP contribution >= 0.6 is 23.2 Å². The Balaban J connectivity index is 2.24. The van der Waals surface area contributed by atoms with Gasteiger partial charge in [-0.25, -0.2) is 0 Å². The Morgan fingerprint density at radius 2 is 1.75 bits per heavy atom. The molecule has 0 atom stereocenters. The molecule has 0 radical (unpaired) electrons. The van der Waals surface area contributed by atoms with Gasteiger partial charge in [0.2, 0.25) is 5.95 Å². The lowest BCUT2D eigenvalue weighted by atomic mass is 10.1. The first-order valence-corrected chi connectivity index (χ1v) is 6.80. The topological polar surface area (TPSA) is 62.7 Å². The van der Waals surface area contributed by atoms with Crippen molar-refractivity contribution in [1.82, 2.24) is 15.2 Å². The molecular weight excluding hydrogens is 297 g/mol. The van der Waals surface area contributed by atoms with Crippen LogP contribution in [0.5, 0.6) is 0 Å². The Kier molecular flexibility index (Phi) is 4.30. The monoisotopic (exact) mass is 311 g/mol. The number of hydrogen-bond donors (Lipinski definition) is 2. The Morgan fingerprint density at radius 3 is 2.35 bits per heavy atom. The predicted octanol–water partition coefficient (Wildman–Crippen LogP) is 4.13. The molecule has 106 valence electrons. The van der Waals surface area contributed by atoms with Crippen molar-refractivity contribution in [1.29, 1.82) is 0 Å². The number of benzene rings is 1. The first kappa shape index (κ1) is 14.8. The zero-order chi connectivity index (χ0) is 14.8. The van der Waals surface area contributed by atoms with E-state index in [1.54, 1.807) is 24.4 Å². The molecule has 2 aromatic rings. The van der Waals surface area contributed by atoms with Gasteiger partial charge in [0, 0.05) is 5.54 Å². The zero-order valence-corrected chi connectivity index (χ0v) is 12.9. The van der Waals surface area contributed by atoms with Crippen LogP contribution in [0.25, 0.3) is 0 Å². The summed E-state index contributed by atoms with van der Waals surface area (Å²) in [5.41, 5.74) is 0.445. The molecule has 0 saturated carbocycles. The van der Waals surface area contributed by atoms with E-state index in [0.29, 0.717) is 27.5 Å². The maximum Gasteiger partial charge on any atom is 0.249 e. The molecular formula is C13H15Cl2N5. The molecule has 0 amide bonds.